The molecule has 3 aromatic rings. The fourth-order valence-corrected chi connectivity index (χ4v) is 3.88. The molecule has 1 aromatic carbocycles. The van der Waals surface area contributed by atoms with Gasteiger partial charge in [-0.1, -0.05) is 0 Å². The first kappa shape index (κ1) is 20.4. The number of halogens is 3. The van der Waals surface area contributed by atoms with Gasteiger partial charge in [0.2, 0.25) is 0 Å². The summed E-state index contributed by atoms with van der Waals surface area (Å²) in [6, 6.07) is 5.37. The summed E-state index contributed by atoms with van der Waals surface area (Å²) < 4.78 is 46.7. The fraction of sp³-hybridized carbons (Fsp3) is 0.476. The number of ketones is 1. The maximum Gasteiger partial charge on any atom is 0.390 e. The monoisotopic (exact) mass is 420 g/mol. The van der Waals surface area contributed by atoms with Gasteiger partial charge in [-0.25, -0.2) is 0 Å². The number of carbonyl (C=O) groups excluding carboxylic acids is 1. The predicted molar refractivity (Wildman–Crippen MR) is 105 cm³/mol. The Balaban J connectivity index is 1.62. The molecule has 0 saturated heterocycles. The van der Waals surface area contributed by atoms with Gasteiger partial charge in [0.05, 0.1) is 29.1 Å². The third-order valence-corrected chi connectivity index (χ3v) is 5.52. The van der Waals surface area contributed by atoms with Crippen LogP contribution in [-0.4, -0.2) is 37.6 Å². The molecule has 0 radical (unpaired) electrons. The van der Waals surface area contributed by atoms with Gasteiger partial charge in [0.1, 0.15) is 11.5 Å². The molecular weight excluding hydrogens is 397 g/mol. The Morgan fingerprint density at radius 2 is 2.10 bits per heavy atom. The second-order valence-corrected chi connectivity index (χ2v) is 7.90. The van der Waals surface area contributed by atoms with Crippen LogP contribution >= 0.6 is 0 Å². The Morgan fingerprint density at radius 1 is 1.30 bits per heavy atom. The van der Waals surface area contributed by atoms with E-state index in [1.165, 1.54) is 10.9 Å². The van der Waals surface area contributed by atoms with Gasteiger partial charge in [0.15, 0.2) is 0 Å². The fourth-order valence-electron chi connectivity index (χ4n) is 3.88. The van der Waals surface area contributed by atoms with E-state index >= 15 is 0 Å². The molecule has 2 atom stereocenters. The summed E-state index contributed by atoms with van der Waals surface area (Å²) in [6.07, 6.45) is 0.0483. The van der Waals surface area contributed by atoms with Crippen molar-refractivity contribution < 1.29 is 22.7 Å². The SMILES string of the molecule is C[C@@H](Oc1cc(-c2ccn(CCC(F)(F)F)n2)cc2nn(C)cc12)[C@H]1CCC(=O)C1. The van der Waals surface area contributed by atoms with Crippen molar-refractivity contribution in [2.45, 2.75) is 51.4 Å². The number of nitrogens with zero attached hydrogens (tertiary/aromatic N) is 4. The van der Waals surface area contributed by atoms with E-state index in [9.17, 15) is 18.0 Å². The minimum absolute atomic E-state index is 0.139. The Hall–Kier alpha value is -2.84. The molecule has 30 heavy (non-hydrogen) atoms. The molecule has 0 aliphatic heterocycles. The Labute approximate surface area is 171 Å². The van der Waals surface area contributed by atoms with Gasteiger partial charge >= 0.3 is 6.18 Å². The van der Waals surface area contributed by atoms with E-state index in [0.717, 1.165) is 17.4 Å². The van der Waals surface area contributed by atoms with Crippen LogP contribution in [-0.2, 0) is 18.4 Å². The molecule has 160 valence electrons. The van der Waals surface area contributed by atoms with Crippen molar-refractivity contribution in [3.8, 4) is 17.0 Å². The molecule has 0 unspecified atom stereocenters. The number of aromatic nitrogens is 4. The summed E-state index contributed by atoms with van der Waals surface area (Å²) in [5.74, 6) is 1.07. The lowest BCUT2D eigenvalue weighted by atomic mass is 10.0. The molecule has 0 amide bonds. The van der Waals surface area contributed by atoms with Crippen molar-refractivity contribution >= 4 is 16.7 Å². The highest BCUT2D eigenvalue weighted by Crippen LogP contribution is 2.35. The average molecular weight is 420 g/mol. The van der Waals surface area contributed by atoms with Crippen LogP contribution in [0.25, 0.3) is 22.2 Å². The molecule has 1 fully saturated rings. The maximum absolute atomic E-state index is 12.5. The molecule has 6 nitrogen and oxygen atoms in total. The van der Waals surface area contributed by atoms with Crippen molar-refractivity contribution in [3.05, 3.63) is 30.6 Å². The summed E-state index contributed by atoms with van der Waals surface area (Å²) in [4.78, 5) is 11.6. The predicted octanol–water partition coefficient (Wildman–Crippen LogP) is 4.53. The van der Waals surface area contributed by atoms with Crippen LogP contribution in [0.4, 0.5) is 13.2 Å². The van der Waals surface area contributed by atoms with Gasteiger partial charge in [-0.15, -0.1) is 0 Å². The highest BCUT2D eigenvalue weighted by atomic mass is 19.4. The minimum Gasteiger partial charge on any atom is -0.490 e. The van der Waals surface area contributed by atoms with Gasteiger partial charge < -0.3 is 4.74 Å². The smallest absolute Gasteiger partial charge is 0.390 e. The molecule has 1 saturated carbocycles. The number of benzene rings is 1. The van der Waals surface area contributed by atoms with E-state index in [-0.39, 0.29) is 24.3 Å². The molecule has 4 rings (SSSR count). The van der Waals surface area contributed by atoms with Gasteiger partial charge in [-0.2, -0.15) is 23.4 Å². The van der Waals surface area contributed by atoms with Gasteiger partial charge in [-0.3, -0.25) is 14.2 Å². The number of fused-ring (bicyclic) bond motifs is 1. The van der Waals surface area contributed by atoms with Crippen LogP contribution in [0.15, 0.2) is 30.6 Å². The normalized spacial score (nSPS) is 18.3. The molecule has 0 bridgehead atoms. The van der Waals surface area contributed by atoms with E-state index in [1.807, 2.05) is 32.3 Å². The number of hydrogen-bond acceptors (Lipinski definition) is 4. The van der Waals surface area contributed by atoms with Crippen LogP contribution in [0.3, 0.4) is 0 Å². The number of rotatable bonds is 6. The number of carbonyl (C=O) groups is 1. The Kier molecular flexibility index (Phi) is 5.29. The van der Waals surface area contributed by atoms with Gasteiger partial charge in [0, 0.05) is 50.3 Å². The number of alkyl halides is 3. The van der Waals surface area contributed by atoms with Crippen LogP contribution in [0, 0.1) is 5.92 Å². The van der Waals surface area contributed by atoms with E-state index in [1.54, 1.807) is 10.7 Å². The van der Waals surface area contributed by atoms with Gasteiger partial charge in [-0.05, 0) is 31.5 Å². The first-order valence-corrected chi connectivity index (χ1v) is 9.94. The van der Waals surface area contributed by atoms with Crippen molar-refractivity contribution in [1.82, 2.24) is 19.6 Å². The quantitative estimate of drug-likeness (QED) is 0.588. The average Bonchev–Trinajstić information content (AvgIpc) is 3.38. The summed E-state index contributed by atoms with van der Waals surface area (Å²) in [5.41, 5.74) is 1.99. The largest absolute Gasteiger partial charge is 0.490 e. The maximum atomic E-state index is 12.5. The van der Waals surface area contributed by atoms with Crippen molar-refractivity contribution in [1.29, 1.82) is 0 Å². The van der Waals surface area contributed by atoms with Gasteiger partial charge in [0.25, 0.3) is 0 Å². The first-order valence-electron chi connectivity index (χ1n) is 9.94. The molecule has 0 N–H and O–H groups in total. The number of hydrogen-bond donors (Lipinski definition) is 0. The van der Waals surface area contributed by atoms with Crippen LogP contribution < -0.4 is 4.74 Å². The van der Waals surface area contributed by atoms with E-state index < -0.39 is 12.6 Å². The Bertz CT molecular complexity index is 1070. The zero-order valence-electron chi connectivity index (χ0n) is 16.8. The number of Topliss-reactive ketones (excluding diaryl/α,β-unsaturated/α-hetero) is 1. The Morgan fingerprint density at radius 3 is 2.80 bits per heavy atom. The zero-order valence-corrected chi connectivity index (χ0v) is 16.8. The summed E-state index contributed by atoms with van der Waals surface area (Å²) in [7, 11) is 1.81. The summed E-state index contributed by atoms with van der Waals surface area (Å²) >= 11 is 0. The number of ether oxygens (including phenoxy) is 1. The van der Waals surface area contributed by atoms with Crippen molar-refractivity contribution in [3.63, 3.8) is 0 Å². The molecule has 1 aliphatic rings. The van der Waals surface area contributed by atoms with E-state index in [2.05, 4.69) is 10.2 Å². The molecule has 0 spiro atoms. The minimum atomic E-state index is -4.22. The van der Waals surface area contributed by atoms with Crippen molar-refractivity contribution in [2.75, 3.05) is 0 Å². The third kappa shape index (κ3) is 4.49. The topological polar surface area (TPSA) is 61.9 Å². The highest BCUT2D eigenvalue weighted by Gasteiger charge is 2.29. The molecule has 9 heteroatoms. The third-order valence-electron chi connectivity index (χ3n) is 5.52. The first-order chi connectivity index (χ1) is 14.2. The summed E-state index contributed by atoms with van der Waals surface area (Å²) in [5, 5.41) is 9.58. The van der Waals surface area contributed by atoms with E-state index in [4.69, 9.17) is 4.74 Å². The lowest BCUT2D eigenvalue weighted by Gasteiger charge is -2.21. The molecule has 1 aliphatic carbocycles. The number of aryl methyl sites for hydroxylation is 2. The van der Waals surface area contributed by atoms with Crippen LogP contribution in [0.2, 0.25) is 0 Å². The lowest BCUT2D eigenvalue weighted by Crippen LogP contribution is -2.21. The second-order valence-electron chi connectivity index (χ2n) is 7.90. The zero-order chi connectivity index (χ0) is 21.5. The van der Waals surface area contributed by atoms with Crippen molar-refractivity contribution in [2.24, 2.45) is 13.0 Å². The van der Waals surface area contributed by atoms with Crippen LogP contribution in [0.1, 0.15) is 32.6 Å². The standard InChI is InChI=1S/C21H23F3N4O2/c1-13(14-3-4-16(29)9-14)30-20-11-15(10-19-17(20)12-27(2)25-19)18-5-7-28(26-18)8-6-21(22,23)24/h5,7,10-14H,3-4,6,8-9H2,1-2H3/t13-,14+/m1/s1. The second kappa shape index (κ2) is 7.77. The molecule has 2 aromatic heterocycles. The molecular formula is C21H23F3N4O2. The lowest BCUT2D eigenvalue weighted by molar-refractivity contribution is -0.137. The van der Waals surface area contributed by atoms with Crippen LogP contribution in [0.5, 0.6) is 5.75 Å². The molecule has 2 heterocycles. The van der Waals surface area contributed by atoms with E-state index in [0.29, 0.717) is 29.8 Å². The highest BCUT2D eigenvalue weighted by molar-refractivity contribution is 5.89. The summed E-state index contributed by atoms with van der Waals surface area (Å²) in [6.45, 7) is 1.73.